The van der Waals surface area contributed by atoms with Gasteiger partial charge in [-0.15, -0.1) is 0 Å². The summed E-state index contributed by atoms with van der Waals surface area (Å²) in [6, 6.07) is 7.96. The Kier molecular flexibility index (Phi) is 3.46. The van der Waals surface area contributed by atoms with Gasteiger partial charge in [0.05, 0.1) is 27.7 Å². The molecule has 0 amide bonds. The van der Waals surface area contributed by atoms with E-state index in [2.05, 4.69) is 10.5 Å². The number of carbonyl (C=O) groups is 1. The van der Waals surface area contributed by atoms with Gasteiger partial charge in [0.15, 0.2) is 5.82 Å². The van der Waals surface area contributed by atoms with Crippen molar-refractivity contribution in [1.29, 1.82) is 0 Å². The minimum absolute atomic E-state index is 0.1000. The fraction of sp³-hybridized carbons (Fsp3) is 0.0667. The Morgan fingerprint density at radius 1 is 1.41 bits per heavy atom. The van der Waals surface area contributed by atoms with Crippen molar-refractivity contribution in [3.05, 3.63) is 52.4 Å². The van der Waals surface area contributed by atoms with Gasteiger partial charge in [0, 0.05) is 5.39 Å². The lowest BCUT2D eigenvalue weighted by molar-refractivity contribution is 0.0697. The summed E-state index contributed by atoms with van der Waals surface area (Å²) >= 11 is 6.01. The van der Waals surface area contributed by atoms with Crippen LogP contribution in [0.25, 0.3) is 11.0 Å². The number of hydrogen-bond acceptors (Lipinski definition) is 4. The third kappa shape index (κ3) is 2.27. The monoisotopic (exact) mass is 320 g/mol. The van der Waals surface area contributed by atoms with Crippen LogP contribution in [0, 0.1) is 12.7 Å². The predicted molar refractivity (Wildman–Crippen MR) is 80.4 cm³/mol. The van der Waals surface area contributed by atoms with Gasteiger partial charge in [0.1, 0.15) is 0 Å². The molecule has 0 atom stereocenters. The topological polar surface area (TPSA) is 75.4 Å². The molecule has 5 nitrogen and oxygen atoms in total. The van der Waals surface area contributed by atoms with E-state index in [1.807, 2.05) is 0 Å². The summed E-state index contributed by atoms with van der Waals surface area (Å²) in [6.45, 7) is 1.61. The number of aryl methyl sites for hydroxylation is 1. The van der Waals surface area contributed by atoms with Crippen molar-refractivity contribution < 1.29 is 18.8 Å². The van der Waals surface area contributed by atoms with Gasteiger partial charge < -0.3 is 14.9 Å². The van der Waals surface area contributed by atoms with Crippen LogP contribution in [0.15, 0.2) is 34.9 Å². The number of para-hydroxylation sites is 1. The van der Waals surface area contributed by atoms with E-state index >= 15 is 0 Å². The van der Waals surface area contributed by atoms with E-state index in [1.165, 1.54) is 6.07 Å². The maximum absolute atomic E-state index is 14.6. The minimum Gasteiger partial charge on any atom is -0.478 e. The normalized spacial score (nSPS) is 10.9. The first-order valence-electron chi connectivity index (χ1n) is 6.32. The number of fused-ring (bicyclic) bond motifs is 1. The number of carboxylic acids is 1. The molecule has 0 spiro atoms. The van der Waals surface area contributed by atoms with Crippen molar-refractivity contribution in [3.8, 4) is 0 Å². The molecule has 22 heavy (non-hydrogen) atoms. The quantitative estimate of drug-likeness (QED) is 0.749. The number of hydrogen-bond donors (Lipinski definition) is 2. The van der Waals surface area contributed by atoms with Gasteiger partial charge in [-0.1, -0.05) is 28.9 Å². The van der Waals surface area contributed by atoms with Crippen molar-refractivity contribution in [2.45, 2.75) is 6.92 Å². The van der Waals surface area contributed by atoms with Crippen molar-refractivity contribution >= 4 is 39.9 Å². The summed E-state index contributed by atoms with van der Waals surface area (Å²) in [7, 11) is 0. The summed E-state index contributed by atoms with van der Waals surface area (Å²) in [5.41, 5.74) is 0.263. The molecule has 0 radical (unpaired) electrons. The number of rotatable bonds is 3. The lowest BCUT2D eigenvalue weighted by Crippen LogP contribution is -2.05. The summed E-state index contributed by atoms with van der Waals surface area (Å²) in [4.78, 5) is 11.4. The van der Waals surface area contributed by atoms with E-state index in [0.717, 1.165) is 0 Å². The van der Waals surface area contributed by atoms with Crippen LogP contribution >= 0.6 is 11.6 Å². The molecule has 3 aromatic rings. The Morgan fingerprint density at radius 2 is 2.14 bits per heavy atom. The molecule has 0 saturated carbocycles. The lowest BCUT2D eigenvalue weighted by Gasteiger charge is -2.12. The lowest BCUT2D eigenvalue weighted by atomic mass is 10.1. The van der Waals surface area contributed by atoms with Crippen LogP contribution in [-0.4, -0.2) is 16.2 Å². The van der Waals surface area contributed by atoms with Crippen LogP contribution in [0.4, 0.5) is 15.8 Å². The van der Waals surface area contributed by atoms with Gasteiger partial charge >= 0.3 is 5.97 Å². The molecule has 0 aliphatic heterocycles. The van der Waals surface area contributed by atoms with Crippen LogP contribution in [0.3, 0.4) is 0 Å². The first kappa shape index (κ1) is 14.3. The predicted octanol–water partition coefficient (Wildman–Crippen LogP) is 4.37. The number of carboxylic acid groups (broad SMARTS) is 1. The van der Waals surface area contributed by atoms with Crippen LogP contribution in [0.2, 0.25) is 5.02 Å². The Hall–Kier alpha value is -2.60. The van der Waals surface area contributed by atoms with Crippen molar-refractivity contribution in [3.63, 3.8) is 0 Å². The molecule has 112 valence electrons. The Morgan fingerprint density at radius 3 is 2.82 bits per heavy atom. The number of anilines is 2. The standard InChI is InChI=1S/C15H10ClFN2O3/c1-7-8-6-9(15(20)21)13(12(17)14(8)22-19-7)18-11-5-3-2-4-10(11)16/h2-6,18H,1H3,(H,20,21). The van der Waals surface area contributed by atoms with Crippen LogP contribution in [-0.2, 0) is 0 Å². The van der Waals surface area contributed by atoms with E-state index in [9.17, 15) is 14.3 Å². The van der Waals surface area contributed by atoms with Gasteiger partial charge in [0.2, 0.25) is 5.58 Å². The molecule has 1 heterocycles. The first-order chi connectivity index (χ1) is 10.5. The highest BCUT2D eigenvalue weighted by atomic mass is 35.5. The van der Waals surface area contributed by atoms with Gasteiger partial charge in [-0.3, -0.25) is 0 Å². The smallest absolute Gasteiger partial charge is 0.337 e. The Bertz CT molecular complexity index is 892. The van der Waals surface area contributed by atoms with E-state index in [0.29, 0.717) is 21.8 Å². The zero-order chi connectivity index (χ0) is 15.9. The average molecular weight is 321 g/mol. The van der Waals surface area contributed by atoms with Crippen LogP contribution in [0.5, 0.6) is 0 Å². The third-order valence-electron chi connectivity index (χ3n) is 3.25. The fourth-order valence-corrected chi connectivity index (χ4v) is 2.32. The fourth-order valence-electron chi connectivity index (χ4n) is 2.14. The molecule has 0 aliphatic carbocycles. The zero-order valence-electron chi connectivity index (χ0n) is 11.4. The zero-order valence-corrected chi connectivity index (χ0v) is 12.1. The summed E-state index contributed by atoms with van der Waals surface area (Å²) < 4.78 is 19.5. The maximum Gasteiger partial charge on any atom is 0.337 e. The molecular weight excluding hydrogens is 311 g/mol. The Balaban J connectivity index is 2.23. The molecule has 2 aromatic carbocycles. The summed E-state index contributed by atoms with van der Waals surface area (Å²) in [5.74, 6) is -2.09. The number of aromatic carboxylic acids is 1. The maximum atomic E-state index is 14.6. The van der Waals surface area contributed by atoms with E-state index < -0.39 is 11.8 Å². The molecule has 0 bridgehead atoms. The minimum atomic E-state index is -1.27. The number of halogens is 2. The molecule has 3 rings (SSSR count). The second-order valence-corrected chi connectivity index (χ2v) is 5.07. The second kappa shape index (κ2) is 5.31. The van der Waals surface area contributed by atoms with E-state index in [1.54, 1.807) is 31.2 Å². The molecule has 0 fully saturated rings. The highest BCUT2D eigenvalue weighted by molar-refractivity contribution is 6.33. The number of nitrogens with one attached hydrogen (secondary N) is 1. The van der Waals surface area contributed by atoms with Crippen molar-refractivity contribution in [2.75, 3.05) is 5.32 Å². The van der Waals surface area contributed by atoms with E-state index in [-0.39, 0.29) is 16.8 Å². The van der Waals surface area contributed by atoms with Gasteiger partial charge in [-0.25, -0.2) is 9.18 Å². The number of aromatic nitrogens is 1. The number of nitrogens with zero attached hydrogens (tertiary/aromatic N) is 1. The van der Waals surface area contributed by atoms with Crippen molar-refractivity contribution in [2.24, 2.45) is 0 Å². The average Bonchev–Trinajstić information content (AvgIpc) is 2.85. The molecule has 2 N–H and O–H groups in total. The molecule has 7 heteroatoms. The van der Waals surface area contributed by atoms with Crippen molar-refractivity contribution in [1.82, 2.24) is 5.16 Å². The molecule has 0 aliphatic rings. The number of benzene rings is 2. The highest BCUT2D eigenvalue weighted by Gasteiger charge is 2.22. The Labute approximate surface area is 129 Å². The SMILES string of the molecule is Cc1noc2c(F)c(Nc3ccccc3Cl)c(C(=O)O)cc12. The first-order valence-corrected chi connectivity index (χ1v) is 6.70. The highest BCUT2D eigenvalue weighted by Crippen LogP contribution is 2.34. The molecule has 0 unspecified atom stereocenters. The van der Waals surface area contributed by atoms with Gasteiger partial charge in [0.25, 0.3) is 0 Å². The largest absolute Gasteiger partial charge is 0.478 e. The molecular formula is C15H10ClFN2O3. The third-order valence-corrected chi connectivity index (χ3v) is 3.58. The molecule has 0 saturated heterocycles. The summed E-state index contributed by atoms with van der Waals surface area (Å²) in [5, 5.41) is 16.4. The van der Waals surface area contributed by atoms with Gasteiger partial charge in [-0.05, 0) is 25.1 Å². The van der Waals surface area contributed by atoms with Gasteiger partial charge in [-0.2, -0.15) is 0 Å². The molecule has 1 aromatic heterocycles. The van der Waals surface area contributed by atoms with E-state index in [4.69, 9.17) is 16.1 Å². The second-order valence-electron chi connectivity index (χ2n) is 4.67. The van der Waals surface area contributed by atoms with Crippen LogP contribution < -0.4 is 5.32 Å². The summed E-state index contributed by atoms with van der Waals surface area (Å²) in [6.07, 6.45) is 0. The van der Waals surface area contributed by atoms with Crippen LogP contribution in [0.1, 0.15) is 16.1 Å².